The molecule has 0 aromatic heterocycles. The molecule has 4 nitrogen and oxygen atoms in total. The molecular weight excluding hydrogens is 303 g/mol. The summed E-state index contributed by atoms with van der Waals surface area (Å²) in [6.45, 7) is -2.76. The van der Waals surface area contributed by atoms with Gasteiger partial charge in [0.15, 0.2) is 6.61 Å². The number of aliphatic hydroxyl groups is 1. The highest BCUT2D eigenvalue weighted by Gasteiger charge is 2.28. The fourth-order valence-corrected chi connectivity index (χ4v) is 1.53. The number of nitrogens with one attached hydrogen (secondary N) is 1. The quantitative estimate of drug-likeness (QED) is 0.845. The molecule has 1 amide bonds. The highest BCUT2D eigenvalue weighted by atomic mass is 35.5. The first kappa shape index (κ1) is 15.9. The van der Waals surface area contributed by atoms with E-state index in [-0.39, 0.29) is 10.8 Å². The number of alkyl halides is 2. The molecule has 1 rings (SSSR count). The zero-order chi connectivity index (χ0) is 14.5. The normalized spacial score (nSPS) is 11.2. The van der Waals surface area contributed by atoms with Gasteiger partial charge < -0.3 is 15.2 Å². The number of carbonyl (C=O) groups is 1. The van der Waals surface area contributed by atoms with Crippen LogP contribution in [-0.4, -0.2) is 36.7 Å². The van der Waals surface area contributed by atoms with Gasteiger partial charge in [0.2, 0.25) is 0 Å². The molecule has 0 aliphatic heterocycles. The monoisotopic (exact) mass is 313 g/mol. The minimum atomic E-state index is -3.35. The van der Waals surface area contributed by atoms with E-state index in [4.69, 9.17) is 33.0 Å². The maximum atomic E-state index is 12.6. The fourth-order valence-electron chi connectivity index (χ4n) is 1.07. The predicted octanol–water partition coefficient (Wildman–Crippen LogP) is 2.12. The summed E-state index contributed by atoms with van der Waals surface area (Å²) in [5, 5.41) is 10.9. The summed E-state index contributed by atoms with van der Waals surface area (Å²) in [5.41, 5.74) is 0. The molecule has 106 valence electrons. The molecule has 0 bridgehead atoms. The molecule has 8 heteroatoms. The van der Waals surface area contributed by atoms with Crippen molar-refractivity contribution in [2.75, 3.05) is 19.8 Å². The van der Waals surface area contributed by atoms with Crippen LogP contribution in [0.5, 0.6) is 5.75 Å². The molecule has 0 heterocycles. The van der Waals surface area contributed by atoms with E-state index in [0.29, 0.717) is 5.02 Å². The second kappa shape index (κ2) is 6.88. The molecule has 0 unspecified atom stereocenters. The van der Waals surface area contributed by atoms with Crippen molar-refractivity contribution in [3.8, 4) is 5.75 Å². The number of benzene rings is 1. The van der Waals surface area contributed by atoms with E-state index in [1.54, 1.807) is 0 Å². The second-order valence-corrected chi connectivity index (χ2v) is 4.50. The Bertz CT molecular complexity index is 458. The number of hydrogen-bond acceptors (Lipinski definition) is 3. The lowest BCUT2D eigenvalue weighted by molar-refractivity contribution is -0.126. The largest absolute Gasteiger partial charge is 0.482 e. The highest BCUT2D eigenvalue weighted by molar-refractivity contribution is 6.35. The summed E-state index contributed by atoms with van der Waals surface area (Å²) in [6.07, 6.45) is 0. The van der Waals surface area contributed by atoms with E-state index in [0.717, 1.165) is 0 Å². The number of halogens is 4. The van der Waals surface area contributed by atoms with E-state index in [1.807, 2.05) is 5.32 Å². The van der Waals surface area contributed by atoms with Crippen LogP contribution in [0.1, 0.15) is 0 Å². The van der Waals surface area contributed by atoms with Crippen LogP contribution in [0.25, 0.3) is 0 Å². The molecule has 2 N–H and O–H groups in total. The number of hydrogen-bond donors (Lipinski definition) is 2. The molecule has 0 atom stereocenters. The smallest absolute Gasteiger partial charge is 0.287 e. The number of aliphatic hydroxyl groups excluding tert-OH is 1. The number of amides is 1. The van der Waals surface area contributed by atoms with E-state index in [9.17, 15) is 13.6 Å². The van der Waals surface area contributed by atoms with Crippen LogP contribution in [-0.2, 0) is 4.79 Å². The van der Waals surface area contributed by atoms with Crippen molar-refractivity contribution in [2.45, 2.75) is 5.92 Å². The van der Waals surface area contributed by atoms with Crippen LogP contribution in [0.4, 0.5) is 8.78 Å². The Morgan fingerprint density at radius 3 is 2.68 bits per heavy atom. The second-order valence-electron chi connectivity index (χ2n) is 3.65. The van der Waals surface area contributed by atoms with Crippen molar-refractivity contribution < 1.29 is 23.4 Å². The van der Waals surface area contributed by atoms with Crippen molar-refractivity contribution in [2.24, 2.45) is 0 Å². The van der Waals surface area contributed by atoms with Gasteiger partial charge in [0.25, 0.3) is 11.8 Å². The first-order chi connectivity index (χ1) is 8.84. The molecule has 0 spiro atoms. The van der Waals surface area contributed by atoms with Crippen molar-refractivity contribution in [1.29, 1.82) is 0 Å². The maximum Gasteiger partial charge on any atom is 0.287 e. The summed E-state index contributed by atoms with van der Waals surface area (Å²) in [4.78, 5) is 11.2. The third-order valence-corrected chi connectivity index (χ3v) is 2.56. The summed E-state index contributed by atoms with van der Waals surface area (Å²) >= 11 is 11.5. The standard InChI is InChI=1S/C11H11Cl2F2NO3/c12-7-1-2-9(8(13)3-7)19-4-10(18)16-5-11(14,15)6-17/h1-3,17H,4-6H2,(H,16,18). The Balaban J connectivity index is 2.42. The topological polar surface area (TPSA) is 58.6 Å². The van der Waals surface area contributed by atoms with E-state index < -0.39 is 31.6 Å². The fraction of sp³-hybridized carbons (Fsp3) is 0.364. The van der Waals surface area contributed by atoms with Gasteiger partial charge in [-0.2, -0.15) is 0 Å². The van der Waals surface area contributed by atoms with Gasteiger partial charge in [-0.3, -0.25) is 4.79 Å². The molecule has 0 saturated carbocycles. The van der Waals surface area contributed by atoms with Gasteiger partial charge >= 0.3 is 0 Å². The van der Waals surface area contributed by atoms with Gasteiger partial charge in [0.1, 0.15) is 12.4 Å². The molecule has 0 saturated heterocycles. The average Bonchev–Trinajstić information content (AvgIpc) is 2.35. The number of ether oxygens (including phenoxy) is 1. The van der Waals surface area contributed by atoms with Gasteiger partial charge in [-0.25, -0.2) is 8.78 Å². The maximum absolute atomic E-state index is 12.6. The van der Waals surface area contributed by atoms with Gasteiger partial charge in [0, 0.05) is 5.02 Å². The Morgan fingerprint density at radius 2 is 2.11 bits per heavy atom. The number of carbonyl (C=O) groups excluding carboxylic acids is 1. The van der Waals surface area contributed by atoms with E-state index in [2.05, 4.69) is 0 Å². The van der Waals surface area contributed by atoms with Crippen molar-refractivity contribution in [3.05, 3.63) is 28.2 Å². The Kier molecular flexibility index (Phi) is 5.78. The van der Waals surface area contributed by atoms with Crippen LogP contribution >= 0.6 is 23.2 Å². The SMILES string of the molecule is O=C(COc1ccc(Cl)cc1Cl)NCC(F)(F)CO. The Morgan fingerprint density at radius 1 is 1.42 bits per heavy atom. The lowest BCUT2D eigenvalue weighted by atomic mass is 10.3. The molecule has 1 aromatic rings. The molecule has 0 aliphatic carbocycles. The van der Waals surface area contributed by atoms with Crippen LogP contribution in [0.15, 0.2) is 18.2 Å². The van der Waals surface area contributed by atoms with Gasteiger partial charge in [-0.15, -0.1) is 0 Å². The molecule has 0 fully saturated rings. The average molecular weight is 314 g/mol. The number of rotatable bonds is 6. The third kappa shape index (κ3) is 5.59. The lowest BCUT2D eigenvalue weighted by Gasteiger charge is -2.14. The summed E-state index contributed by atoms with van der Waals surface area (Å²) < 4.78 is 30.3. The summed E-state index contributed by atoms with van der Waals surface area (Å²) in [7, 11) is 0. The van der Waals surface area contributed by atoms with Crippen molar-refractivity contribution in [1.82, 2.24) is 5.32 Å². The van der Waals surface area contributed by atoms with Crippen LogP contribution in [0, 0.1) is 0 Å². The lowest BCUT2D eigenvalue weighted by Crippen LogP contribution is -2.40. The molecule has 19 heavy (non-hydrogen) atoms. The first-order valence-corrected chi connectivity index (χ1v) is 5.93. The minimum absolute atomic E-state index is 0.209. The third-order valence-electron chi connectivity index (χ3n) is 2.03. The van der Waals surface area contributed by atoms with Crippen molar-refractivity contribution in [3.63, 3.8) is 0 Å². The highest BCUT2D eigenvalue weighted by Crippen LogP contribution is 2.27. The Hall–Kier alpha value is -1.11. The molecule has 0 aliphatic rings. The molecule has 0 radical (unpaired) electrons. The zero-order valence-electron chi connectivity index (χ0n) is 9.63. The van der Waals surface area contributed by atoms with E-state index in [1.165, 1.54) is 18.2 Å². The van der Waals surface area contributed by atoms with Gasteiger partial charge in [-0.05, 0) is 18.2 Å². The molecule has 1 aromatic carbocycles. The van der Waals surface area contributed by atoms with Crippen LogP contribution in [0.2, 0.25) is 10.0 Å². The summed E-state index contributed by atoms with van der Waals surface area (Å²) in [5.74, 6) is -3.89. The van der Waals surface area contributed by atoms with Gasteiger partial charge in [0.05, 0.1) is 11.6 Å². The Labute approximate surface area is 118 Å². The zero-order valence-corrected chi connectivity index (χ0v) is 11.1. The summed E-state index contributed by atoms with van der Waals surface area (Å²) in [6, 6.07) is 4.40. The minimum Gasteiger partial charge on any atom is -0.482 e. The van der Waals surface area contributed by atoms with Crippen LogP contribution < -0.4 is 10.1 Å². The predicted molar refractivity (Wildman–Crippen MR) is 67.0 cm³/mol. The first-order valence-electron chi connectivity index (χ1n) is 5.17. The van der Waals surface area contributed by atoms with Gasteiger partial charge in [-0.1, -0.05) is 23.2 Å². The van der Waals surface area contributed by atoms with Crippen LogP contribution in [0.3, 0.4) is 0 Å². The van der Waals surface area contributed by atoms with E-state index >= 15 is 0 Å². The van der Waals surface area contributed by atoms with Crippen molar-refractivity contribution >= 4 is 29.1 Å². The molecular formula is C11H11Cl2F2NO3.